The Morgan fingerprint density at radius 1 is 1.62 bits per heavy atom. The number of rotatable bonds is 6. The van der Waals surface area contributed by atoms with E-state index in [1.54, 1.807) is 11.3 Å². The van der Waals surface area contributed by atoms with Gasteiger partial charge in [0.05, 0.1) is 12.6 Å². The second kappa shape index (κ2) is 5.27. The molecule has 1 aliphatic rings. The molecule has 2 unspecified atom stereocenters. The molecule has 0 spiro atoms. The van der Waals surface area contributed by atoms with E-state index in [0.717, 1.165) is 6.54 Å². The molecule has 0 radical (unpaired) electrons. The molecule has 1 fully saturated rings. The van der Waals surface area contributed by atoms with Crippen molar-refractivity contribution in [3.05, 3.63) is 22.4 Å². The van der Waals surface area contributed by atoms with Crippen LogP contribution in [0.5, 0.6) is 0 Å². The number of hydrogen-bond donors (Lipinski definition) is 2. The first kappa shape index (κ1) is 12.0. The van der Waals surface area contributed by atoms with Crippen LogP contribution in [-0.4, -0.2) is 35.2 Å². The van der Waals surface area contributed by atoms with Crippen LogP contribution in [0.25, 0.3) is 0 Å². The van der Waals surface area contributed by atoms with Crippen molar-refractivity contribution >= 4 is 11.3 Å². The van der Waals surface area contributed by atoms with E-state index in [2.05, 4.69) is 28.7 Å². The third-order valence-corrected chi connectivity index (χ3v) is 3.82. The Hall–Kier alpha value is -0.420. The summed E-state index contributed by atoms with van der Waals surface area (Å²) in [7, 11) is 0. The first-order chi connectivity index (χ1) is 7.74. The van der Waals surface area contributed by atoms with E-state index in [1.807, 2.05) is 0 Å². The predicted molar refractivity (Wildman–Crippen MR) is 67.5 cm³/mol. The maximum atomic E-state index is 9.16. The molecule has 4 heteroatoms. The summed E-state index contributed by atoms with van der Waals surface area (Å²) in [6.07, 6.45) is 2.49. The Kier molecular flexibility index (Phi) is 3.97. The van der Waals surface area contributed by atoms with Gasteiger partial charge in [0.25, 0.3) is 0 Å². The van der Waals surface area contributed by atoms with E-state index < -0.39 is 0 Å². The summed E-state index contributed by atoms with van der Waals surface area (Å²) in [4.78, 5) is 2.37. The fourth-order valence-corrected chi connectivity index (χ4v) is 3.00. The summed E-state index contributed by atoms with van der Waals surface area (Å²) in [5.74, 6) is 0. The quantitative estimate of drug-likeness (QED) is 0.794. The van der Waals surface area contributed by atoms with Crippen LogP contribution in [0.15, 0.2) is 16.8 Å². The topological polar surface area (TPSA) is 49.5 Å². The van der Waals surface area contributed by atoms with Gasteiger partial charge in [-0.05, 0) is 42.2 Å². The molecule has 0 aromatic carbocycles. The van der Waals surface area contributed by atoms with Crippen LogP contribution < -0.4 is 5.73 Å². The molecule has 90 valence electrons. The van der Waals surface area contributed by atoms with Gasteiger partial charge >= 0.3 is 0 Å². The number of aliphatic hydroxyl groups is 1. The number of hydrogen-bond acceptors (Lipinski definition) is 4. The maximum Gasteiger partial charge on any atom is 0.0558 e. The highest BCUT2D eigenvalue weighted by atomic mass is 32.1. The number of nitrogens with zero attached hydrogens (tertiary/aromatic N) is 1. The van der Waals surface area contributed by atoms with Crippen molar-refractivity contribution < 1.29 is 5.11 Å². The lowest BCUT2D eigenvalue weighted by atomic mass is 10.0. The average molecular weight is 240 g/mol. The highest BCUT2D eigenvalue weighted by molar-refractivity contribution is 7.07. The van der Waals surface area contributed by atoms with Crippen LogP contribution in [-0.2, 0) is 0 Å². The third kappa shape index (κ3) is 2.63. The molecule has 0 amide bonds. The Labute approximate surface area is 101 Å². The predicted octanol–water partition coefficient (Wildman–Crippen LogP) is 1.59. The minimum absolute atomic E-state index is 0.0988. The minimum Gasteiger partial charge on any atom is -0.395 e. The van der Waals surface area contributed by atoms with Crippen LogP contribution in [0.2, 0.25) is 0 Å². The van der Waals surface area contributed by atoms with Crippen molar-refractivity contribution in [1.82, 2.24) is 4.90 Å². The molecular formula is C12H20N2OS. The van der Waals surface area contributed by atoms with Crippen molar-refractivity contribution in [2.75, 3.05) is 13.2 Å². The van der Waals surface area contributed by atoms with E-state index in [0.29, 0.717) is 6.04 Å². The molecule has 1 heterocycles. The van der Waals surface area contributed by atoms with Crippen LogP contribution in [0.4, 0.5) is 0 Å². The van der Waals surface area contributed by atoms with Crippen molar-refractivity contribution in [1.29, 1.82) is 0 Å². The summed E-state index contributed by atoms with van der Waals surface area (Å²) in [6.45, 7) is 2.99. The molecule has 1 aliphatic carbocycles. The lowest BCUT2D eigenvalue weighted by Gasteiger charge is -2.33. The van der Waals surface area contributed by atoms with E-state index in [-0.39, 0.29) is 18.7 Å². The molecule has 2 rings (SSSR count). The number of aliphatic hydroxyl groups excluding tert-OH is 1. The molecule has 1 saturated carbocycles. The molecule has 2 atom stereocenters. The average Bonchev–Trinajstić information content (AvgIpc) is 2.95. The molecule has 0 bridgehead atoms. The zero-order valence-electron chi connectivity index (χ0n) is 9.67. The van der Waals surface area contributed by atoms with Crippen molar-refractivity contribution in [3.63, 3.8) is 0 Å². The molecule has 3 N–H and O–H groups in total. The lowest BCUT2D eigenvalue weighted by Crippen LogP contribution is -2.42. The van der Waals surface area contributed by atoms with Crippen LogP contribution in [0.1, 0.15) is 31.4 Å². The molecule has 1 aromatic rings. The monoisotopic (exact) mass is 240 g/mol. The van der Waals surface area contributed by atoms with Gasteiger partial charge in [-0.3, -0.25) is 4.90 Å². The van der Waals surface area contributed by atoms with Gasteiger partial charge in [-0.15, -0.1) is 0 Å². The fraction of sp³-hybridized carbons (Fsp3) is 0.667. The van der Waals surface area contributed by atoms with Gasteiger partial charge < -0.3 is 10.8 Å². The van der Waals surface area contributed by atoms with Gasteiger partial charge in [0.1, 0.15) is 0 Å². The summed E-state index contributed by atoms with van der Waals surface area (Å²) in [6, 6.07) is 3.13. The van der Waals surface area contributed by atoms with Crippen molar-refractivity contribution in [3.8, 4) is 0 Å². The number of nitrogens with two attached hydrogens (primary N) is 1. The Morgan fingerprint density at radius 3 is 2.81 bits per heavy atom. The summed E-state index contributed by atoms with van der Waals surface area (Å²) in [5.41, 5.74) is 7.40. The van der Waals surface area contributed by atoms with E-state index in [4.69, 9.17) is 10.8 Å². The van der Waals surface area contributed by atoms with E-state index in [9.17, 15) is 0 Å². The second-order valence-electron chi connectivity index (χ2n) is 4.55. The van der Waals surface area contributed by atoms with Gasteiger partial charge in [-0.1, -0.05) is 0 Å². The maximum absolute atomic E-state index is 9.16. The van der Waals surface area contributed by atoms with Gasteiger partial charge in [0, 0.05) is 18.6 Å². The summed E-state index contributed by atoms with van der Waals surface area (Å²) < 4.78 is 0. The van der Waals surface area contributed by atoms with Crippen molar-refractivity contribution in [2.24, 2.45) is 5.73 Å². The fourth-order valence-electron chi connectivity index (χ4n) is 2.31. The normalized spacial score (nSPS) is 20.0. The lowest BCUT2D eigenvalue weighted by molar-refractivity contribution is 0.129. The number of thiophene rings is 1. The Balaban J connectivity index is 2.16. The summed E-state index contributed by atoms with van der Waals surface area (Å²) >= 11 is 1.71. The zero-order valence-corrected chi connectivity index (χ0v) is 10.5. The van der Waals surface area contributed by atoms with Gasteiger partial charge in [-0.2, -0.15) is 11.3 Å². The standard InChI is InChI=1S/C12H20N2OS/c1-9(13)12(10-4-7-16-8-10)14(5-6-15)11-2-3-11/h4,7-9,11-12,15H,2-3,5-6,13H2,1H3. The first-order valence-corrected chi connectivity index (χ1v) is 6.82. The molecule has 16 heavy (non-hydrogen) atoms. The molecular weight excluding hydrogens is 220 g/mol. The van der Waals surface area contributed by atoms with Crippen LogP contribution in [0, 0.1) is 0 Å². The van der Waals surface area contributed by atoms with Gasteiger partial charge in [-0.25, -0.2) is 0 Å². The minimum atomic E-state index is 0.0988. The smallest absolute Gasteiger partial charge is 0.0558 e. The highest BCUT2D eigenvalue weighted by Gasteiger charge is 2.35. The SMILES string of the molecule is CC(N)C(c1ccsc1)N(CCO)C1CC1. The Bertz CT molecular complexity index is 309. The van der Waals surface area contributed by atoms with Crippen molar-refractivity contribution in [2.45, 2.75) is 37.9 Å². The van der Waals surface area contributed by atoms with E-state index in [1.165, 1.54) is 18.4 Å². The Morgan fingerprint density at radius 2 is 2.38 bits per heavy atom. The third-order valence-electron chi connectivity index (χ3n) is 3.11. The second-order valence-corrected chi connectivity index (χ2v) is 5.33. The van der Waals surface area contributed by atoms with Gasteiger partial charge in [0.2, 0.25) is 0 Å². The first-order valence-electron chi connectivity index (χ1n) is 5.88. The molecule has 0 saturated heterocycles. The van der Waals surface area contributed by atoms with Crippen LogP contribution in [0.3, 0.4) is 0 Å². The van der Waals surface area contributed by atoms with Crippen LogP contribution >= 0.6 is 11.3 Å². The van der Waals surface area contributed by atoms with E-state index >= 15 is 0 Å². The van der Waals surface area contributed by atoms with Gasteiger partial charge in [0.15, 0.2) is 0 Å². The zero-order chi connectivity index (χ0) is 11.5. The summed E-state index contributed by atoms with van der Waals surface area (Å²) in [5, 5.41) is 13.4. The molecule has 0 aliphatic heterocycles. The molecule has 1 aromatic heterocycles. The molecule has 3 nitrogen and oxygen atoms in total. The largest absolute Gasteiger partial charge is 0.395 e. The highest BCUT2D eigenvalue weighted by Crippen LogP contribution is 2.35.